The van der Waals surface area contributed by atoms with E-state index in [-0.39, 0.29) is 11.9 Å². The van der Waals surface area contributed by atoms with Crippen molar-refractivity contribution < 1.29 is 4.79 Å². The molecule has 1 aromatic carbocycles. The molecule has 2 aromatic rings. The average molecular weight is 272 g/mol. The van der Waals surface area contributed by atoms with Gasteiger partial charge in [0.05, 0.1) is 17.8 Å². The van der Waals surface area contributed by atoms with E-state index < -0.39 is 0 Å². The molecule has 20 heavy (non-hydrogen) atoms. The average Bonchev–Trinajstić information content (AvgIpc) is 2.95. The van der Waals surface area contributed by atoms with Crippen molar-refractivity contribution in [1.82, 2.24) is 15.5 Å². The van der Waals surface area contributed by atoms with Crippen LogP contribution in [0.25, 0.3) is 10.9 Å². The van der Waals surface area contributed by atoms with E-state index >= 15 is 0 Å². The predicted molar refractivity (Wildman–Crippen MR) is 79.5 cm³/mol. The number of carbonyl (C=O) groups is 1. The Labute approximate surface area is 118 Å². The molecule has 2 atom stereocenters. The number of rotatable bonds is 3. The van der Waals surface area contributed by atoms with E-state index in [1.807, 2.05) is 18.2 Å². The summed E-state index contributed by atoms with van der Waals surface area (Å²) in [7, 11) is 0. The van der Waals surface area contributed by atoms with Gasteiger partial charge in [-0.3, -0.25) is 9.89 Å². The van der Waals surface area contributed by atoms with Gasteiger partial charge in [-0.25, -0.2) is 0 Å². The van der Waals surface area contributed by atoms with Gasteiger partial charge in [0.2, 0.25) is 5.91 Å². The molecule has 106 valence electrons. The van der Waals surface area contributed by atoms with Crippen molar-refractivity contribution in [2.24, 2.45) is 5.92 Å². The Morgan fingerprint density at radius 2 is 2.40 bits per heavy atom. The van der Waals surface area contributed by atoms with Crippen LogP contribution in [0.5, 0.6) is 0 Å². The van der Waals surface area contributed by atoms with Crippen molar-refractivity contribution in [1.29, 1.82) is 0 Å². The first-order valence-electron chi connectivity index (χ1n) is 7.23. The summed E-state index contributed by atoms with van der Waals surface area (Å²) < 4.78 is 0. The Hall–Kier alpha value is -1.88. The number of benzene rings is 1. The highest BCUT2D eigenvalue weighted by Gasteiger charge is 2.25. The molecular weight excluding hydrogens is 252 g/mol. The molecule has 0 aliphatic carbocycles. The first kappa shape index (κ1) is 13.1. The molecule has 0 saturated carbocycles. The van der Waals surface area contributed by atoms with Crippen LogP contribution in [0.15, 0.2) is 24.4 Å². The minimum atomic E-state index is -0.0776. The number of fused-ring (bicyclic) bond motifs is 1. The van der Waals surface area contributed by atoms with Crippen LogP contribution in [0.1, 0.15) is 26.2 Å². The molecule has 3 rings (SSSR count). The van der Waals surface area contributed by atoms with Crippen LogP contribution in [-0.4, -0.2) is 28.7 Å². The van der Waals surface area contributed by atoms with Gasteiger partial charge in [-0.2, -0.15) is 5.10 Å². The van der Waals surface area contributed by atoms with Gasteiger partial charge in [0.1, 0.15) is 0 Å². The number of amides is 1. The Morgan fingerprint density at radius 3 is 3.25 bits per heavy atom. The monoisotopic (exact) mass is 272 g/mol. The number of hydrogen-bond donors (Lipinski definition) is 3. The van der Waals surface area contributed by atoms with E-state index in [0.717, 1.165) is 36.0 Å². The Bertz CT molecular complexity index is 607. The second-order valence-corrected chi connectivity index (χ2v) is 5.47. The summed E-state index contributed by atoms with van der Waals surface area (Å²) >= 11 is 0. The Morgan fingerprint density at radius 1 is 1.50 bits per heavy atom. The van der Waals surface area contributed by atoms with Crippen molar-refractivity contribution in [2.75, 3.05) is 11.9 Å². The van der Waals surface area contributed by atoms with Crippen LogP contribution in [0.2, 0.25) is 0 Å². The van der Waals surface area contributed by atoms with Crippen LogP contribution in [0.3, 0.4) is 0 Å². The number of hydrogen-bond acceptors (Lipinski definition) is 3. The molecule has 2 unspecified atom stereocenters. The minimum absolute atomic E-state index is 0.0574. The summed E-state index contributed by atoms with van der Waals surface area (Å²) in [6, 6.07) is 5.71. The largest absolute Gasteiger partial charge is 0.325 e. The summed E-state index contributed by atoms with van der Waals surface area (Å²) in [5.74, 6) is 0.712. The SMILES string of the molecule is CCC1CCNC(C(=O)Nc2ccc3cn[nH]c3c2)C1. The molecule has 0 spiro atoms. The number of aromatic nitrogens is 2. The van der Waals surface area contributed by atoms with Crippen LogP contribution in [-0.2, 0) is 4.79 Å². The van der Waals surface area contributed by atoms with Crippen LogP contribution in [0.4, 0.5) is 5.69 Å². The molecule has 1 aliphatic heterocycles. The van der Waals surface area contributed by atoms with Crippen LogP contribution < -0.4 is 10.6 Å². The highest BCUT2D eigenvalue weighted by atomic mass is 16.2. The molecule has 0 bridgehead atoms. The normalized spacial score (nSPS) is 22.9. The molecular formula is C15H20N4O. The second-order valence-electron chi connectivity index (χ2n) is 5.47. The Kier molecular flexibility index (Phi) is 3.69. The van der Waals surface area contributed by atoms with Crippen molar-refractivity contribution in [3.8, 4) is 0 Å². The second kappa shape index (κ2) is 5.63. The van der Waals surface area contributed by atoms with Gasteiger partial charge in [0.15, 0.2) is 0 Å². The van der Waals surface area contributed by atoms with Gasteiger partial charge in [0.25, 0.3) is 0 Å². The zero-order chi connectivity index (χ0) is 13.9. The lowest BCUT2D eigenvalue weighted by Crippen LogP contribution is -2.46. The first-order valence-corrected chi connectivity index (χ1v) is 7.23. The topological polar surface area (TPSA) is 69.8 Å². The molecule has 5 nitrogen and oxygen atoms in total. The molecule has 1 fully saturated rings. The fourth-order valence-electron chi connectivity index (χ4n) is 2.81. The molecule has 1 aliphatic rings. The lowest BCUT2D eigenvalue weighted by molar-refractivity contribution is -0.119. The third kappa shape index (κ3) is 2.67. The van der Waals surface area contributed by atoms with Gasteiger partial charge >= 0.3 is 0 Å². The highest BCUT2D eigenvalue weighted by Crippen LogP contribution is 2.21. The third-order valence-electron chi connectivity index (χ3n) is 4.12. The molecule has 1 amide bonds. The predicted octanol–water partition coefficient (Wildman–Crippen LogP) is 2.28. The summed E-state index contributed by atoms with van der Waals surface area (Å²) in [5.41, 5.74) is 1.75. The summed E-state index contributed by atoms with van der Waals surface area (Å²) in [6.45, 7) is 3.12. The van der Waals surface area contributed by atoms with Crippen LogP contribution in [0, 0.1) is 5.92 Å². The maximum absolute atomic E-state index is 12.3. The van der Waals surface area contributed by atoms with Crippen molar-refractivity contribution in [3.05, 3.63) is 24.4 Å². The molecule has 3 N–H and O–H groups in total. The van der Waals surface area contributed by atoms with E-state index in [4.69, 9.17) is 0 Å². The quantitative estimate of drug-likeness (QED) is 0.803. The van der Waals surface area contributed by atoms with Crippen molar-refractivity contribution in [3.63, 3.8) is 0 Å². The van der Waals surface area contributed by atoms with Gasteiger partial charge in [-0.05, 0) is 43.5 Å². The van der Waals surface area contributed by atoms with E-state index in [1.54, 1.807) is 6.20 Å². The fraction of sp³-hybridized carbons (Fsp3) is 0.467. The van der Waals surface area contributed by atoms with Gasteiger partial charge in [-0.15, -0.1) is 0 Å². The molecule has 1 saturated heterocycles. The summed E-state index contributed by atoms with van der Waals surface area (Å²) in [5, 5.41) is 14.2. The van der Waals surface area contributed by atoms with Gasteiger partial charge in [-0.1, -0.05) is 13.3 Å². The smallest absolute Gasteiger partial charge is 0.241 e. The minimum Gasteiger partial charge on any atom is -0.325 e. The van der Waals surface area contributed by atoms with Crippen molar-refractivity contribution in [2.45, 2.75) is 32.2 Å². The van der Waals surface area contributed by atoms with Gasteiger partial charge in [0, 0.05) is 11.1 Å². The number of nitrogens with one attached hydrogen (secondary N) is 3. The fourth-order valence-corrected chi connectivity index (χ4v) is 2.81. The van der Waals surface area contributed by atoms with E-state index in [1.165, 1.54) is 6.42 Å². The van der Waals surface area contributed by atoms with Crippen molar-refractivity contribution >= 4 is 22.5 Å². The zero-order valence-corrected chi connectivity index (χ0v) is 11.6. The lowest BCUT2D eigenvalue weighted by Gasteiger charge is -2.28. The lowest BCUT2D eigenvalue weighted by atomic mass is 9.90. The summed E-state index contributed by atoms with van der Waals surface area (Å²) in [4.78, 5) is 12.3. The number of piperidine rings is 1. The summed E-state index contributed by atoms with van der Waals surface area (Å²) in [6.07, 6.45) is 5.01. The standard InChI is InChI=1S/C15H20N4O/c1-2-10-5-6-16-14(7-10)15(20)18-12-4-3-11-9-17-19-13(11)8-12/h3-4,8-10,14,16H,2,5-7H2,1H3,(H,17,19)(H,18,20). The van der Waals surface area contributed by atoms with E-state index in [0.29, 0.717) is 5.92 Å². The highest BCUT2D eigenvalue weighted by molar-refractivity contribution is 5.96. The maximum Gasteiger partial charge on any atom is 0.241 e. The van der Waals surface area contributed by atoms with E-state index in [9.17, 15) is 4.79 Å². The molecule has 0 radical (unpaired) electrons. The Balaban J connectivity index is 1.68. The number of H-pyrrole nitrogens is 1. The number of aromatic amines is 1. The van der Waals surface area contributed by atoms with Crippen LogP contribution >= 0.6 is 0 Å². The van der Waals surface area contributed by atoms with Gasteiger partial charge < -0.3 is 10.6 Å². The maximum atomic E-state index is 12.3. The number of nitrogens with zero attached hydrogens (tertiary/aromatic N) is 1. The number of anilines is 1. The van der Waals surface area contributed by atoms with E-state index in [2.05, 4.69) is 27.8 Å². The zero-order valence-electron chi connectivity index (χ0n) is 11.6. The molecule has 2 heterocycles. The molecule has 1 aromatic heterocycles. The molecule has 5 heteroatoms. The third-order valence-corrected chi connectivity index (χ3v) is 4.12. The number of carbonyl (C=O) groups excluding carboxylic acids is 1. The first-order chi connectivity index (χ1) is 9.76.